The SMILES string of the molecule is CCNC(=NCCC(O)(c1nccn1C)C(F)(F)F)NC1CCN(c2ccccc2)C1.I. The first-order valence-electron chi connectivity index (χ1n) is 10.4. The van der Waals surface area contributed by atoms with E-state index in [1.165, 1.54) is 24.0 Å². The number of benzene rings is 1. The van der Waals surface area contributed by atoms with Gasteiger partial charge in [0.05, 0.1) is 0 Å². The molecule has 178 valence electrons. The highest BCUT2D eigenvalue weighted by molar-refractivity contribution is 14.0. The van der Waals surface area contributed by atoms with E-state index in [0.29, 0.717) is 12.5 Å². The molecule has 0 saturated carbocycles. The number of aryl methyl sites for hydroxylation is 1. The third-order valence-corrected chi connectivity index (χ3v) is 5.40. The van der Waals surface area contributed by atoms with E-state index < -0.39 is 24.0 Å². The number of nitrogens with zero attached hydrogens (tertiary/aromatic N) is 4. The fourth-order valence-corrected chi connectivity index (χ4v) is 3.74. The van der Waals surface area contributed by atoms with Crippen LogP contribution in [0.25, 0.3) is 0 Å². The normalized spacial score (nSPS) is 18.8. The molecule has 1 aliphatic rings. The van der Waals surface area contributed by atoms with Crippen LogP contribution in [0.5, 0.6) is 0 Å². The molecule has 1 aromatic heterocycles. The summed E-state index contributed by atoms with van der Waals surface area (Å²) in [4.78, 5) is 10.3. The molecule has 1 saturated heterocycles. The van der Waals surface area contributed by atoms with Gasteiger partial charge >= 0.3 is 6.18 Å². The maximum atomic E-state index is 13.7. The molecule has 0 bridgehead atoms. The minimum Gasteiger partial charge on any atom is -0.374 e. The summed E-state index contributed by atoms with van der Waals surface area (Å²) < 4.78 is 42.2. The van der Waals surface area contributed by atoms with Gasteiger partial charge in [0, 0.05) is 63.8 Å². The summed E-state index contributed by atoms with van der Waals surface area (Å²) in [5.41, 5.74) is -1.93. The van der Waals surface area contributed by atoms with E-state index in [1.54, 1.807) is 0 Å². The van der Waals surface area contributed by atoms with Gasteiger partial charge in [-0.15, -0.1) is 24.0 Å². The number of aliphatic imine (C=N–C) groups is 1. The topological polar surface area (TPSA) is 77.7 Å². The van der Waals surface area contributed by atoms with E-state index in [9.17, 15) is 18.3 Å². The van der Waals surface area contributed by atoms with Crippen molar-refractivity contribution >= 4 is 35.6 Å². The summed E-state index contributed by atoms with van der Waals surface area (Å²) in [6.45, 7) is 3.90. The van der Waals surface area contributed by atoms with Gasteiger partial charge in [-0.25, -0.2) is 4.98 Å². The van der Waals surface area contributed by atoms with Crippen LogP contribution in [0.15, 0.2) is 47.7 Å². The maximum absolute atomic E-state index is 13.7. The van der Waals surface area contributed by atoms with E-state index in [-0.39, 0.29) is 36.6 Å². The zero-order valence-electron chi connectivity index (χ0n) is 18.1. The summed E-state index contributed by atoms with van der Waals surface area (Å²) in [6.07, 6.45) is -1.99. The first kappa shape index (κ1) is 26.2. The van der Waals surface area contributed by atoms with Crippen LogP contribution in [0.4, 0.5) is 18.9 Å². The van der Waals surface area contributed by atoms with Crippen molar-refractivity contribution in [3.63, 3.8) is 0 Å². The molecule has 2 aromatic rings. The average Bonchev–Trinajstić information content (AvgIpc) is 3.37. The third-order valence-electron chi connectivity index (χ3n) is 5.40. The summed E-state index contributed by atoms with van der Waals surface area (Å²) in [5.74, 6) is -0.00534. The Bertz CT molecular complexity index is 876. The number of imidazole rings is 1. The Labute approximate surface area is 203 Å². The standard InChI is InChI=1S/C21H29F3N6O.HI/c1-3-25-19(28-16-9-13-30(15-16)17-7-5-4-6-8-17)27-11-10-20(31,21(22,23)24)18-26-12-14-29(18)2;/h4-8,12,14,16,31H,3,9-11,13,15H2,1-2H3,(H2,25,27,28);1H. The second-order valence-electron chi connectivity index (χ2n) is 7.64. The summed E-state index contributed by atoms with van der Waals surface area (Å²) in [7, 11) is 1.42. The Hall–Kier alpha value is -2.02. The van der Waals surface area contributed by atoms with Gasteiger partial charge in [0.1, 0.15) is 5.82 Å². The third kappa shape index (κ3) is 6.06. The number of aromatic nitrogens is 2. The molecular weight excluding hydrogens is 536 g/mol. The molecule has 2 atom stereocenters. The number of rotatable bonds is 7. The number of aliphatic hydroxyl groups is 1. The van der Waals surface area contributed by atoms with Crippen LogP contribution in [-0.2, 0) is 12.6 Å². The van der Waals surface area contributed by atoms with Crippen molar-refractivity contribution < 1.29 is 18.3 Å². The van der Waals surface area contributed by atoms with Crippen molar-refractivity contribution in [1.82, 2.24) is 20.2 Å². The summed E-state index contributed by atoms with van der Waals surface area (Å²) in [5, 5.41) is 16.8. The zero-order valence-corrected chi connectivity index (χ0v) is 20.5. The van der Waals surface area contributed by atoms with Crippen LogP contribution in [0.3, 0.4) is 0 Å². The molecule has 2 heterocycles. The molecule has 3 rings (SSSR count). The van der Waals surface area contributed by atoms with Crippen molar-refractivity contribution in [2.75, 3.05) is 31.1 Å². The van der Waals surface area contributed by atoms with Crippen LogP contribution in [0.2, 0.25) is 0 Å². The number of para-hydroxylation sites is 1. The maximum Gasteiger partial charge on any atom is 0.424 e. The lowest BCUT2D eigenvalue weighted by Crippen LogP contribution is -2.46. The highest BCUT2D eigenvalue weighted by Crippen LogP contribution is 2.40. The highest BCUT2D eigenvalue weighted by Gasteiger charge is 2.57. The van der Waals surface area contributed by atoms with Crippen molar-refractivity contribution in [3.8, 4) is 0 Å². The molecular formula is C21H30F3IN6O. The fraction of sp³-hybridized carbons (Fsp3) is 0.524. The van der Waals surface area contributed by atoms with Gasteiger partial charge in [0.25, 0.3) is 0 Å². The van der Waals surface area contributed by atoms with E-state index in [0.717, 1.165) is 25.2 Å². The van der Waals surface area contributed by atoms with Crippen LogP contribution in [0, 0.1) is 0 Å². The number of nitrogens with one attached hydrogen (secondary N) is 2. The molecule has 11 heteroatoms. The van der Waals surface area contributed by atoms with Gasteiger partial charge in [-0.3, -0.25) is 4.99 Å². The number of hydrogen-bond acceptors (Lipinski definition) is 4. The Morgan fingerprint density at radius 2 is 2.00 bits per heavy atom. The fourth-order valence-electron chi connectivity index (χ4n) is 3.74. The number of hydrogen-bond donors (Lipinski definition) is 3. The molecule has 7 nitrogen and oxygen atoms in total. The Balaban J connectivity index is 0.00000363. The van der Waals surface area contributed by atoms with Crippen molar-refractivity contribution in [2.24, 2.45) is 12.0 Å². The van der Waals surface area contributed by atoms with Gasteiger partial charge in [-0.1, -0.05) is 18.2 Å². The molecule has 1 aromatic carbocycles. The second kappa shape index (κ2) is 11.2. The van der Waals surface area contributed by atoms with Crippen molar-refractivity contribution in [1.29, 1.82) is 0 Å². The smallest absolute Gasteiger partial charge is 0.374 e. The predicted molar refractivity (Wildman–Crippen MR) is 129 cm³/mol. The average molecular weight is 566 g/mol. The number of guanidine groups is 1. The lowest BCUT2D eigenvalue weighted by Gasteiger charge is -2.29. The van der Waals surface area contributed by atoms with Crippen LogP contribution < -0.4 is 15.5 Å². The molecule has 0 radical (unpaired) electrons. The molecule has 1 aliphatic heterocycles. The largest absolute Gasteiger partial charge is 0.424 e. The Morgan fingerprint density at radius 1 is 1.28 bits per heavy atom. The Morgan fingerprint density at radius 3 is 2.59 bits per heavy atom. The number of anilines is 1. The molecule has 1 fully saturated rings. The van der Waals surface area contributed by atoms with Gasteiger partial charge in [-0.2, -0.15) is 13.2 Å². The molecule has 32 heavy (non-hydrogen) atoms. The summed E-state index contributed by atoms with van der Waals surface area (Å²) >= 11 is 0. The monoisotopic (exact) mass is 566 g/mol. The van der Waals surface area contributed by atoms with Crippen molar-refractivity contribution in [2.45, 2.75) is 37.6 Å². The zero-order chi connectivity index (χ0) is 22.5. The van der Waals surface area contributed by atoms with Gasteiger partial charge in [-0.05, 0) is 25.5 Å². The highest BCUT2D eigenvalue weighted by atomic mass is 127. The molecule has 0 spiro atoms. The van der Waals surface area contributed by atoms with Crippen LogP contribution in [-0.4, -0.2) is 59.0 Å². The quantitative estimate of drug-likeness (QED) is 0.273. The van der Waals surface area contributed by atoms with E-state index in [1.807, 2.05) is 25.1 Å². The number of halogens is 4. The lowest BCUT2D eigenvalue weighted by molar-refractivity contribution is -0.272. The van der Waals surface area contributed by atoms with E-state index >= 15 is 0 Å². The second-order valence-corrected chi connectivity index (χ2v) is 7.64. The van der Waals surface area contributed by atoms with Crippen molar-refractivity contribution in [3.05, 3.63) is 48.5 Å². The minimum atomic E-state index is -4.87. The summed E-state index contributed by atoms with van der Waals surface area (Å²) in [6, 6.07) is 10.2. The van der Waals surface area contributed by atoms with Crippen LogP contribution in [0.1, 0.15) is 25.6 Å². The first-order chi connectivity index (χ1) is 14.7. The Kier molecular flexibility index (Phi) is 9.19. The van der Waals surface area contributed by atoms with Crippen LogP contribution >= 0.6 is 24.0 Å². The molecule has 0 amide bonds. The van der Waals surface area contributed by atoms with E-state index in [4.69, 9.17) is 0 Å². The molecule has 2 unspecified atom stereocenters. The van der Waals surface area contributed by atoms with E-state index in [2.05, 4.69) is 37.6 Å². The van der Waals surface area contributed by atoms with Gasteiger partial charge < -0.3 is 25.2 Å². The van der Waals surface area contributed by atoms with Gasteiger partial charge in [0.2, 0.25) is 5.60 Å². The predicted octanol–water partition coefficient (Wildman–Crippen LogP) is 3.01. The molecule has 0 aliphatic carbocycles. The number of alkyl halides is 3. The lowest BCUT2D eigenvalue weighted by atomic mass is 9.98. The first-order valence-corrected chi connectivity index (χ1v) is 10.4. The minimum absolute atomic E-state index is 0. The van der Waals surface area contributed by atoms with Gasteiger partial charge in [0.15, 0.2) is 5.96 Å². The molecule has 3 N–H and O–H groups in total.